The molecule has 0 atom stereocenters. The van der Waals surface area contributed by atoms with Gasteiger partial charge in [-0.05, 0) is 13.0 Å². The average molecular weight is 324 g/mol. The first-order valence-electron chi connectivity index (χ1n) is 6.19. The SMILES string of the molecule is Cc1nn(C)cc1CNS(=O)(=O)c1ccccc1C(N)=S. The lowest BCUT2D eigenvalue weighted by atomic mass is 10.2. The molecule has 21 heavy (non-hydrogen) atoms. The van der Waals surface area contributed by atoms with E-state index in [-0.39, 0.29) is 16.4 Å². The van der Waals surface area contributed by atoms with Crippen molar-refractivity contribution in [2.24, 2.45) is 12.8 Å². The van der Waals surface area contributed by atoms with Crippen molar-refractivity contribution >= 4 is 27.2 Å². The molecule has 3 N–H and O–H groups in total. The van der Waals surface area contributed by atoms with Gasteiger partial charge in [-0.15, -0.1) is 0 Å². The third kappa shape index (κ3) is 3.46. The second-order valence-electron chi connectivity index (χ2n) is 4.60. The van der Waals surface area contributed by atoms with Gasteiger partial charge < -0.3 is 5.73 Å². The molecule has 0 amide bonds. The Morgan fingerprint density at radius 3 is 2.67 bits per heavy atom. The third-order valence-corrected chi connectivity index (χ3v) is 4.69. The Morgan fingerprint density at radius 2 is 2.10 bits per heavy atom. The van der Waals surface area contributed by atoms with Crippen molar-refractivity contribution in [3.8, 4) is 0 Å². The lowest BCUT2D eigenvalue weighted by Crippen LogP contribution is -2.26. The predicted molar refractivity (Wildman–Crippen MR) is 84.3 cm³/mol. The van der Waals surface area contributed by atoms with E-state index >= 15 is 0 Å². The van der Waals surface area contributed by atoms with Gasteiger partial charge in [-0.3, -0.25) is 4.68 Å². The zero-order chi connectivity index (χ0) is 15.6. The van der Waals surface area contributed by atoms with Crippen molar-refractivity contribution in [3.63, 3.8) is 0 Å². The molecule has 0 saturated heterocycles. The van der Waals surface area contributed by atoms with Gasteiger partial charge in [-0.25, -0.2) is 13.1 Å². The average Bonchev–Trinajstić information content (AvgIpc) is 2.75. The lowest BCUT2D eigenvalue weighted by Gasteiger charge is -2.10. The first-order valence-corrected chi connectivity index (χ1v) is 8.08. The maximum absolute atomic E-state index is 12.4. The van der Waals surface area contributed by atoms with Crippen LogP contribution in [0.25, 0.3) is 0 Å². The van der Waals surface area contributed by atoms with Gasteiger partial charge in [-0.2, -0.15) is 5.10 Å². The largest absolute Gasteiger partial charge is 0.389 e. The molecule has 6 nitrogen and oxygen atoms in total. The van der Waals surface area contributed by atoms with Crippen molar-refractivity contribution in [2.75, 3.05) is 0 Å². The Bertz CT molecular complexity index is 781. The van der Waals surface area contributed by atoms with Gasteiger partial charge in [0.2, 0.25) is 10.0 Å². The monoisotopic (exact) mass is 324 g/mol. The highest BCUT2D eigenvalue weighted by molar-refractivity contribution is 7.89. The molecule has 0 spiro atoms. The molecule has 0 fully saturated rings. The number of rotatable bonds is 5. The van der Waals surface area contributed by atoms with Crippen molar-refractivity contribution in [3.05, 3.63) is 47.3 Å². The summed E-state index contributed by atoms with van der Waals surface area (Å²) in [6, 6.07) is 6.39. The lowest BCUT2D eigenvalue weighted by molar-refractivity contribution is 0.581. The Hall–Kier alpha value is -1.77. The number of aryl methyl sites for hydroxylation is 2. The molecule has 8 heteroatoms. The van der Waals surface area contributed by atoms with Crippen LogP contribution in [0.3, 0.4) is 0 Å². The molecule has 2 rings (SSSR count). The molecule has 1 aromatic heterocycles. The molecule has 2 aromatic rings. The fourth-order valence-electron chi connectivity index (χ4n) is 1.98. The zero-order valence-corrected chi connectivity index (χ0v) is 13.3. The highest BCUT2D eigenvalue weighted by atomic mass is 32.2. The number of nitrogens with one attached hydrogen (secondary N) is 1. The van der Waals surface area contributed by atoms with Crippen LogP contribution < -0.4 is 10.5 Å². The molecule has 1 aromatic carbocycles. The van der Waals surface area contributed by atoms with E-state index in [0.717, 1.165) is 11.3 Å². The summed E-state index contributed by atoms with van der Waals surface area (Å²) in [5.41, 5.74) is 7.50. The standard InChI is InChI=1S/C13H16N4O2S2/c1-9-10(8-17(2)16-9)7-15-21(18,19)12-6-4-3-5-11(12)13(14)20/h3-6,8,15H,7H2,1-2H3,(H2,14,20). The number of aromatic nitrogens is 2. The number of sulfonamides is 1. The van der Waals surface area contributed by atoms with E-state index in [1.165, 1.54) is 6.07 Å². The topological polar surface area (TPSA) is 90.0 Å². The fourth-order valence-corrected chi connectivity index (χ4v) is 3.45. The van der Waals surface area contributed by atoms with E-state index in [1.807, 2.05) is 6.92 Å². The van der Waals surface area contributed by atoms with Gasteiger partial charge in [0.15, 0.2) is 0 Å². The summed E-state index contributed by atoms with van der Waals surface area (Å²) < 4.78 is 29.0. The summed E-state index contributed by atoms with van der Waals surface area (Å²) in [5, 5.41) is 4.17. The number of nitrogens with two attached hydrogens (primary N) is 1. The van der Waals surface area contributed by atoms with Crippen molar-refractivity contribution in [1.29, 1.82) is 0 Å². The minimum absolute atomic E-state index is 0.0496. The summed E-state index contributed by atoms with van der Waals surface area (Å²) in [4.78, 5) is 0.132. The van der Waals surface area contributed by atoms with Gasteiger partial charge in [0.05, 0.1) is 10.6 Å². The number of hydrogen-bond acceptors (Lipinski definition) is 4. The Morgan fingerprint density at radius 1 is 1.43 bits per heavy atom. The maximum Gasteiger partial charge on any atom is 0.241 e. The van der Waals surface area contributed by atoms with E-state index < -0.39 is 10.0 Å². The van der Waals surface area contributed by atoms with E-state index in [0.29, 0.717) is 5.56 Å². The minimum Gasteiger partial charge on any atom is -0.389 e. The second kappa shape index (κ2) is 5.92. The summed E-state index contributed by atoms with van der Waals surface area (Å²) in [7, 11) is -1.91. The van der Waals surface area contributed by atoms with E-state index in [4.69, 9.17) is 18.0 Å². The van der Waals surface area contributed by atoms with Crippen LogP contribution in [0.4, 0.5) is 0 Å². The van der Waals surface area contributed by atoms with Crippen LogP contribution in [0, 0.1) is 6.92 Å². The summed E-state index contributed by atoms with van der Waals surface area (Å²) in [5.74, 6) is 0. The summed E-state index contributed by atoms with van der Waals surface area (Å²) in [6.07, 6.45) is 1.78. The maximum atomic E-state index is 12.4. The van der Waals surface area contributed by atoms with Gasteiger partial charge in [0, 0.05) is 30.9 Å². The number of nitrogens with zero attached hydrogens (tertiary/aromatic N) is 2. The molecule has 0 radical (unpaired) electrons. The first kappa shape index (κ1) is 15.6. The smallest absolute Gasteiger partial charge is 0.241 e. The van der Waals surface area contributed by atoms with Gasteiger partial charge in [0.25, 0.3) is 0 Å². The molecule has 0 saturated carbocycles. The fraction of sp³-hybridized carbons (Fsp3) is 0.231. The van der Waals surface area contributed by atoms with Crippen LogP contribution in [0.2, 0.25) is 0 Å². The first-order chi connectivity index (χ1) is 9.81. The van der Waals surface area contributed by atoms with E-state index in [1.54, 1.807) is 36.1 Å². The number of benzene rings is 1. The van der Waals surface area contributed by atoms with Crippen LogP contribution >= 0.6 is 12.2 Å². The molecular weight excluding hydrogens is 308 g/mol. The van der Waals surface area contributed by atoms with Crippen molar-refractivity contribution in [1.82, 2.24) is 14.5 Å². The van der Waals surface area contributed by atoms with Crippen LogP contribution in [0.5, 0.6) is 0 Å². The molecule has 0 aliphatic heterocycles. The summed E-state index contributed by atoms with van der Waals surface area (Å²) >= 11 is 4.89. The highest BCUT2D eigenvalue weighted by Gasteiger charge is 2.19. The van der Waals surface area contributed by atoms with Crippen molar-refractivity contribution in [2.45, 2.75) is 18.4 Å². The summed E-state index contributed by atoms with van der Waals surface area (Å²) in [6.45, 7) is 1.99. The Balaban J connectivity index is 2.27. The van der Waals surface area contributed by atoms with E-state index in [9.17, 15) is 8.42 Å². The van der Waals surface area contributed by atoms with Gasteiger partial charge in [-0.1, -0.05) is 30.4 Å². The molecule has 1 heterocycles. The quantitative estimate of drug-likeness (QED) is 0.796. The molecule has 112 valence electrons. The zero-order valence-electron chi connectivity index (χ0n) is 11.7. The van der Waals surface area contributed by atoms with Crippen LogP contribution in [0.15, 0.2) is 35.4 Å². The van der Waals surface area contributed by atoms with Crippen LogP contribution in [-0.4, -0.2) is 23.2 Å². The minimum atomic E-state index is -3.70. The van der Waals surface area contributed by atoms with Crippen LogP contribution in [-0.2, 0) is 23.6 Å². The van der Waals surface area contributed by atoms with Crippen LogP contribution in [0.1, 0.15) is 16.8 Å². The molecule has 0 unspecified atom stereocenters. The molecule has 0 bridgehead atoms. The third-order valence-electron chi connectivity index (χ3n) is 3.01. The molecule has 0 aliphatic carbocycles. The van der Waals surface area contributed by atoms with E-state index in [2.05, 4.69) is 9.82 Å². The molecule has 0 aliphatic rings. The Labute approximate surface area is 129 Å². The van der Waals surface area contributed by atoms with Gasteiger partial charge >= 0.3 is 0 Å². The van der Waals surface area contributed by atoms with Gasteiger partial charge in [0.1, 0.15) is 4.99 Å². The molecular formula is C13H16N4O2S2. The normalized spacial score (nSPS) is 11.5. The predicted octanol–water partition coefficient (Wildman–Crippen LogP) is 0.841. The highest BCUT2D eigenvalue weighted by Crippen LogP contribution is 2.16. The second-order valence-corrected chi connectivity index (χ2v) is 6.77. The number of thiocarbonyl (C=S) groups is 1. The number of hydrogen-bond donors (Lipinski definition) is 2. The Kier molecular flexibility index (Phi) is 4.40. The van der Waals surface area contributed by atoms with Crippen molar-refractivity contribution < 1.29 is 8.42 Å².